The number of hydrogen-bond donors (Lipinski definition) is 0. The van der Waals surface area contributed by atoms with E-state index in [0.29, 0.717) is 0 Å². The summed E-state index contributed by atoms with van der Waals surface area (Å²) in [4.78, 5) is 23.1. The van der Waals surface area contributed by atoms with Crippen LogP contribution in [-0.4, -0.2) is 25.2 Å². The first-order valence-electron chi connectivity index (χ1n) is 6.69. The molecule has 0 radical (unpaired) electrons. The van der Waals surface area contributed by atoms with E-state index in [4.69, 9.17) is 9.47 Å². The lowest BCUT2D eigenvalue weighted by atomic mass is 9.91. The highest BCUT2D eigenvalue weighted by Crippen LogP contribution is 2.21. The monoisotopic (exact) mass is 258 g/mol. The topological polar surface area (TPSA) is 52.6 Å². The van der Waals surface area contributed by atoms with Crippen molar-refractivity contribution < 1.29 is 19.1 Å². The van der Waals surface area contributed by atoms with Crippen LogP contribution < -0.4 is 0 Å². The predicted molar refractivity (Wildman–Crippen MR) is 70.1 cm³/mol. The summed E-state index contributed by atoms with van der Waals surface area (Å²) in [5, 5.41) is 0. The highest BCUT2D eigenvalue weighted by molar-refractivity contribution is 5.75. The number of hydrogen-bond acceptors (Lipinski definition) is 4. The third kappa shape index (κ3) is 6.03. The van der Waals surface area contributed by atoms with Crippen molar-refractivity contribution in [1.82, 2.24) is 0 Å². The maximum absolute atomic E-state index is 11.6. The molecule has 4 heteroatoms. The van der Waals surface area contributed by atoms with E-state index >= 15 is 0 Å². The van der Waals surface area contributed by atoms with E-state index in [0.717, 1.165) is 19.3 Å². The summed E-state index contributed by atoms with van der Waals surface area (Å²) in [5.74, 6) is -0.553. The Bertz CT molecular complexity index is 271. The van der Waals surface area contributed by atoms with Crippen molar-refractivity contribution in [1.29, 1.82) is 0 Å². The number of esters is 2. The van der Waals surface area contributed by atoms with Gasteiger partial charge in [-0.25, -0.2) is 0 Å². The molecule has 18 heavy (non-hydrogen) atoms. The number of rotatable bonds is 8. The fraction of sp³-hybridized carbons (Fsp3) is 0.857. The van der Waals surface area contributed by atoms with Gasteiger partial charge in [-0.05, 0) is 26.7 Å². The Labute approximate surface area is 110 Å². The smallest absolute Gasteiger partial charge is 0.311 e. The van der Waals surface area contributed by atoms with Crippen LogP contribution in [0.2, 0.25) is 0 Å². The van der Waals surface area contributed by atoms with Crippen LogP contribution in [0.15, 0.2) is 0 Å². The average molecular weight is 258 g/mol. The Balaban J connectivity index is 3.81. The summed E-state index contributed by atoms with van der Waals surface area (Å²) in [6, 6.07) is 0. The first kappa shape index (κ1) is 16.9. The maximum Gasteiger partial charge on any atom is 0.311 e. The van der Waals surface area contributed by atoms with Crippen LogP contribution in [0.1, 0.15) is 53.9 Å². The number of carbonyl (C=O) groups excluding carboxylic acids is 2. The highest BCUT2D eigenvalue weighted by Gasteiger charge is 2.26. The highest BCUT2D eigenvalue weighted by atomic mass is 16.6. The molecule has 0 bridgehead atoms. The van der Waals surface area contributed by atoms with Crippen LogP contribution in [0.25, 0.3) is 0 Å². The first-order valence-corrected chi connectivity index (χ1v) is 6.69. The van der Waals surface area contributed by atoms with Gasteiger partial charge in [-0.3, -0.25) is 9.59 Å². The van der Waals surface area contributed by atoms with Crippen molar-refractivity contribution in [2.24, 2.45) is 11.3 Å². The molecule has 1 atom stereocenters. The fourth-order valence-corrected chi connectivity index (χ4v) is 1.31. The summed E-state index contributed by atoms with van der Waals surface area (Å²) in [6.45, 7) is 9.75. The second kappa shape index (κ2) is 8.11. The average Bonchev–Trinajstić information content (AvgIpc) is 2.34. The van der Waals surface area contributed by atoms with Gasteiger partial charge in [-0.15, -0.1) is 0 Å². The SMILES string of the molecule is CCCC(C)C(=O)OCCOC(=O)C(C)(C)CC. The quantitative estimate of drug-likeness (QED) is 0.496. The van der Waals surface area contributed by atoms with Gasteiger partial charge in [0.25, 0.3) is 0 Å². The summed E-state index contributed by atoms with van der Waals surface area (Å²) in [7, 11) is 0. The zero-order valence-electron chi connectivity index (χ0n) is 12.2. The van der Waals surface area contributed by atoms with Crippen LogP contribution >= 0.6 is 0 Å². The molecule has 106 valence electrons. The van der Waals surface area contributed by atoms with E-state index in [1.165, 1.54) is 0 Å². The molecule has 0 aliphatic rings. The predicted octanol–water partition coefficient (Wildman–Crippen LogP) is 2.95. The molecule has 0 N–H and O–H groups in total. The Kier molecular flexibility index (Phi) is 7.64. The van der Waals surface area contributed by atoms with E-state index in [9.17, 15) is 9.59 Å². The van der Waals surface area contributed by atoms with Gasteiger partial charge in [-0.1, -0.05) is 27.2 Å². The molecule has 1 unspecified atom stereocenters. The molecule has 0 spiro atoms. The largest absolute Gasteiger partial charge is 0.462 e. The summed E-state index contributed by atoms with van der Waals surface area (Å²) in [5.41, 5.74) is -0.473. The van der Waals surface area contributed by atoms with Crippen molar-refractivity contribution in [2.75, 3.05) is 13.2 Å². The molecule has 0 aliphatic heterocycles. The minimum Gasteiger partial charge on any atom is -0.462 e. The molecule has 0 aromatic carbocycles. The van der Waals surface area contributed by atoms with Crippen molar-refractivity contribution in [3.8, 4) is 0 Å². The summed E-state index contributed by atoms with van der Waals surface area (Å²) < 4.78 is 10.1. The lowest BCUT2D eigenvalue weighted by molar-refractivity contribution is -0.160. The standard InChI is InChI=1S/C14H26O4/c1-6-8-11(3)12(15)17-9-10-18-13(16)14(4,5)7-2/h11H,6-10H2,1-5H3. The number of ether oxygens (including phenoxy) is 2. The van der Waals surface area contributed by atoms with Crippen LogP contribution in [0, 0.1) is 11.3 Å². The second-order valence-electron chi connectivity index (χ2n) is 5.23. The summed E-state index contributed by atoms with van der Waals surface area (Å²) in [6.07, 6.45) is 2.50. The van der Waals surface area contributed by atoms with E-state index in [1.54, 1.807) is 0 Å². The minimum atomic E-state index is -0.473. The van der Waals surface area contributed by atoms with Crippen LogP contribution in [0.5, 0.6) is 0 Å². The Morgan fingerprint density at radius 2 is 1.67 bits per heavy atom. The van der Waals surface area contributed by atoms with Gasteiger partial charge >= 0.3 is 11.9 Å². The third-order valence-electron chi connectivity index (χ3n) is 3.12. The molecule has 0 aromatic heterocycles. The Morgan fingerprint density at radius 3 is 2.17 bits per heavy atom. The third-order valence-corrected chi connectivity index (χ3v) is 3.12. The Hall–Kier alpha value is -1.06. The van der Waals surface area contributed by atoms with Crippen molar-refractivity contribution in [2.45, 2.75) is 53.9 Å². The van der Waals surface area contributed by atoms with Gasteiger partial charge in [0.05, 0.1) is 11.3 Å². The van der Waals surface area contributed by atoms with E-state index in [-0.39, 0.29) is 31.1 Å². The van der Waals surface area contributed by atoms with E-state index < -0.39 is 5.41 Å². The normalized spacial score (nSPS) is 12.9. The fourth-order valence-electron chi connectivity index (χ4n) is 1.31. The van der Waals surface area contributed by atoms with Gasteiger partial charge in [0.15, 0.2) is 0 Å². The van der Waals surface area contributed by atoms with Crippen molar-refractivity contribution in [3.05, 3.63) is 0 Å². The van der Waals surface area contributed by atoms with E-state index in [2.05, 4.69) is 0 Å². The second-order valence-corrected chi connectivity index (χ2v) is 5.23. The van der Waals surface area contributed by atoms with Gasteiger partial charge in [0.1, 0.15) is 13.2 Å². The molecule has 0 heterocycles. The van der Waals surface area contributed by atoms with Crippen LogP contribution in [-0.2, 0) is 19.1 Å². The first-order chi connectivity index (χ1) is 8.35. The van der Waals surface area contributed by atoms with Gasteiger partial charge in [0.2, 0.25) is 0 Å². The van der Waals surface area contributed by atoms with Gasteiger partial charge < -0.3 is 9.47 Å². The molecule has 0 aliphatic carbocycles. The van der Waals surface area contributed by atoms with Crippen LogP contribution in [0.4, 0.5) is 0 Å². The minimum absolute atomic E-state index is 0.0854. The molecule has 0 amide bonds. The molecular weight excluding hydrogens is 232 g/mol. The van der Waals surface area contributed by atoms with Crippen LogP contribution in [0.3, 0.4) is 0 Å². The Morgan fingerprint density at radius 1 is 1.11 bits per heavy atom. The molecule has 0 saturated heterocycles. The lowest BCUT2D eigenvalue weighted by Gasteiger charge is -2.20. The molecule has 0 saturated carbocycles. The van der Waals surface area contributed by atoms with Gasteiger partial charge in [0, 0.05) is 0 Å². The zero-order chi connectivity index (χ0) is 14.2. The van der Waals surface area contributed by atoms with Gasteiger partial charge in [-0.2, -0.15) is 0 Å². The molecule has 0 aromatic rings. The zero-order valence-corrected chi connectivity index (χ0v) is 12.2. The molecule has 0 fully saturated rings. The molecular formula is C14H26O4. The summed E-state index contributed by atoms with van der Waals surface area (Å²) >= 11 is 0. The molecule has 0 rings (SSSR count). The van der Waals surface area contributed by atoms with Crippen molar-refractivity contribution in [3.63, 3.8) is 0 Å². The maximum atomic E-state index is 11.6. The van der Waals surface area contributed by atoms with E-state index in [1.807, 2.05) is 34.6 Å². The van der Waals surface area contributed by atoms with Crippen molar-refractivity contribution >= 4 is 11.9 Å². The molecule has 4 nitrogen and oxygen atoms in total. The number of carbonyl (C=O) groups is 2. The lowest BCUT2D eigenvalue weighted by Crippen LogP contribution is -2.27.